The minimum absolute atomic E-state index is 0.00504. The number of nitrogens with one attached hydrogen (secondary N) is 3. The van der Waals surface area contributed by atoms with Gasteiger partial charge in [-0.3, -0.25) is 4.79 Å². The van der Waals surface area contributed by atoms with E-state index in [1.807, 2.05) is 68.1 Å². The van der Waals surface area contributed by atoms with Crippen molar-refractivity contribution < 1.29 is 28.6 Å². The van der Waals surface area contributed by atoms with Gasteiger partial charge in [0, 0.05) is 37.7 Å². The Morgan fingerprint density at radius 2 is 1.72 bits per heavy atom. The van der Waals surface area contributed by atoms with E-state index in [0.29, 0.717) is 31.3 Å². The lowest BCUT2D eigenvalue weighted by molar-refractivity contribution is -0.135. The number of benzene rings is 2. The summed E-state index contributed by atoms with van der Waals surface area (Å²) in [6.07, 6.45) is 1.22. The third-order valence-corrected chi connectivity index (χ3v) is 8.27. The van der Waals surface area contributed by atoms with E-state index in [1.54, 1.807) is 6.07 Å². The molecule has 2 saturated heterocycles. The summed E-state index contributed by atoms with van der Waals surface area (Å²) in [6.45, 7) is 11.3. The van der Waals surface area contributed by atoms with Crippen LogP contribution in [0.1, 0.15) is 44.7 Å². The van der Waals surface area contributed by atoms with Crippen LogP contribution in [0.4, 0.5) is 9.59 Å². The van der Waals surface area contributed by atoms with Gasteiger partial charge in [-0.25, -0.2) is 9.59 Å². The smallest absolute Gasteiger partial charge is 0.408 e. The fourth-order valence-electron chi connectivity index (χ4n) is 5.66. The molecule has 46 heavy (non-hydrogen) atoms. The molecule has 3 N–H and O–H groups in total. The fraction of sp³-hybridized carbons (Fsp3) is 0.559. The van der Waals surface area contributed by atoms with E-state index in [0.717, 1.165) is 68.9 Å². The molecule has 0 unspecified atom stereocenters. The first-order chi connectivity index (χ1) is 22.1. The minimum Gasteiger partial charge on any atom is -0.491 e. The van der Waals surface area contributed by atoms with Crippen molar-refractivity contribution in [2.75, 3.05) is 59.0 Å². The Kier molecular flexibility index (Phi) is 13.4. The number of carbonyl (C=O) groups excluding carboxylic acids is 3. The number of hydrogen-bond acceptors (Lipinski definition) is 8. The summed E-state index contributed by atoms with van der Waals surface area (Å²) in [4.78, 5) is 42.6. The maximum atomic E-state index is 13.6. The second-order valence-corrected chi connectivity index (χ2v) is 13.2. The van der Waals surface area contributed by atoms with Gasteiger partial charge in [0.1, 0.15) is 30.6 Å². The summed E-state index contributed by atoms with van der Waals surface area (Å²) in [7, 11) is 0. The van der Waals surface area contributed by atoms with Crippen LogP contribution in [-0.4, -0.2) is 98.5 Å². The molecule has 0 spiro atoms. The summed E-state index contributed by atoms with van der Waals surface area (Å²) in [5.74, 6) is 0.689. The molecule has 252 valence electrons. The molecule has 12 heteroatoms. The summed E-state index contributed by atoms with van der Waals surface area (Å²) in [6, 6.07) is 14.4. The van der Waals surface area contributed by atoms with Crippen LogP contribution in [-0.2, 0) is 27.3 Å². The Labute approximate surface area is 277 Å². The Balaban J connectivity index is 1.28. The van der Waals surface area contributed by atoms with Crippen LogP contribution in [0.2, 0.25) is 5.02 Å². The van der Waals surface area contributed by atoms with Crippen molar-refractivity contribution >= 4 is 29.7 Å². The number of likely N-dealkylation sites (tertiary alicyclic amines) is 1. The van der Waals surface area contributed by atoms with E-state index in [-0.39, 0.29) is 18.4 Å². The Morgan fingerprint density at radius 1 is 1.00 bits per heavy atom. The lowest BCUT2D eigenvalue weighted by Crippen LogP contribution is -2.57. The molecular formula is C34H48ClN5O6. The molecule has 0 radical (unpaired) electrons. The maximum absolute atomic E-state index is 13.6. The zero-order valence-corrected chi connectivity index (χ0v) is 27.9. The zero-order valence-electron chi connectivity index (χ0n) is 27.2. The number of alkyl carbamates (subject to hydrolysis) is 2. The molecular weight excluding hydrogens is 610 g/mol. The van der Waals surface area contributed by atoms with E-state index in [1.165, 1.54) is 0 Å². The number of hydrogen-bond donors (Lipinski definition) is 3. The predicted octanol–water partition coefficient (Wildman–Crippen LogP) is 4.22. The van der Waals surface area contributed by atoms with Crippen LogP contribution >= 0.6 is 11.6 Å². The minimum atomic E-state index is -0.634. The van der Waals surface area contributed by atoms with Gasteiger partial charge in [-0.05, 0) is 88.4 Å². The van der Waals surface area contributed by atoms with Gasteiger partial charge in [0.25, 0.3) is 0 Å². The molecule has 2 fully saturated rings. The lowest BCUT2D eigenvalue weighted by Gasteiger charge is -2.38. The van der Waals surface area contributed by atoms with Crippen molar-refractivity contribution in [1.29, 1.82) is 0 Å². The average Bonchev–Trinajstić information content (AvgIpc) is 3.04. The molecule has 2 heterocycles. The van der Waals surface area contributed by atoms with Crippen molar-refractivity contribution in [2.24, 2.45) is 5.92 Å². The number of piperidine rings is 1. The highest BCUT2D eigenvalue weighted by Gasteiger charge is 2.36. The number of nitrogens with zero attached hydrogens (tertiary/aromatic N) is 2. The standard InChI is InChI=1S/C34H48ClN5O6/c1-34(2,3)46-32(42)37-16-22-44-29-10-9-28(35)23-27(29)13-19-39-17-11-26(12-18-39)30(31(41)40-20-14-36-15-21-40)38-33(43)45-24-25-7-5-4-6-8-25/h4-10,23,26,30,36H,11-22,24H2,1-3H3,(H,37,42)(H,38,43)/t30-/m1/s1. The molecule has 0 bridgehead atoms. The number of amides is 3. The van der Waals surface area contributed by atoms with E-state index in [9.17, 15) is 14.4 Å². The van der Waals surface area contributed by atoms with E-state index in [4.69, 9.17) is 25.8 Å². The SMILES string of the molecule is CC(C)(C)OC(=O)NCCOc1ccc(Cl)cc1CCN1CCC([C@@H](NC(=O)OCc2ccccc2)C(=O)N2CCNCC2)CC1. The van der Waals surface area contributed by atoms with Crippen LogP contribution < -0.4 is 20.7 Å². The third-order valence-electron chi connectivity index (χ3n) is 8.03. The molecule has 0 saturated carbocycles. The molecule has 0 aliphatic carbocycles. The zero-order chi connectivity index (χ0) is 32.9. The monoisotopic (exact) mass is 657 g/mol. The first-order valence-electron chi connectivity index (χ1n) is 16.1. The van der Waals surface area contributed by atoms with Crippen LogP contribution in [0.15, 0.2) is 48.5 Å². The molecule has 3 amide bonds. The topological polar surface area (TPSA) is 121 Å². The molecule has 4 rings (SSSR count). The van der Waals surface area contributed by atoms with Crippen LogP contribution in [0.25, 0.3) is 0 Å². The molecule has 2 aromatic rings. The van der Waals surface area contributed by atoms with Crippen molar-refractivity contribution in [3.63, 3.8) is 0 Å². The normalized spacial score (nSPS) is 16.7. The first kappa shape index (κ1) is 35.3. The number of ether oxygens (including phenoxy) is 3. The van der Waals surface area contributed by atoms with Crippen molar-refractivity contribution in [3.05, 3.63) is 64.7 Å². The van der Waals surface area contributed by atoms with Crippen LogP contribution in [0.3, 0.4) is 0 Å². The summed E-state index contributed by atoms with van der Waals surface area (Å²) < 4.78 is 16.7. The van der Waals surface area contributed by atoms with Gasteiger partial charge in [-0.2, -0.15) is 0 Å². The Bertz CT molecular complexity index is 1280. The van der Waals surface area contributed by atoms with E-state index < -0.39 is 23.8 Å². The van der Waals surface area contributed by atoms with E-state index in [2.05, 4.69) is 20.9 Å². The van der Waals surface area contributed by atoms with Gasteiger partial charge in [0.2, 0.25) is 5.91 Å². The van der Waals surface area contributed by atoms with Gasteiger partial charge < -0.3 is 40.0 Å². The summed E-state index contributed by atoms with van der Waals surface area (Å²) in [5, 5.41) is 9.55. The molecule has 0 aromatic heterocycles. The van der Waals surface area contributed by atoms with Gasteiger partial charge >= 0.3 is 12.2 Å². The highest BCUT2D eigenvalue weighted by Crippen LogP contribution is 2.26. The maximum Gasteiger partial charge on any atom is 0.408 e. The third kappa shape index (κ3) is 11.7. The number of halogens is 1. The quantitative estimate of drug-likeness (QED) is 0.290. The fourth-order valence-corrected chi connectivity index (χ4v) is 5.85. The van der Waals surface area contributed by atoms with Gasteiger partial charge in [0.15, 0.2) is 0 Å². The van der Waals surface area contributed by atoms with Crippen LogP contribution in [0.5, 0.6) is 5.75 Å². The molecule has 2 aromatic carbocycles. The van der Waals surface area contributed by atoms with Gasteiger partial charge in [-0.15, -0.1) is 0 Å². The first-order valence-corrected chi connectivity index (χ1v) is 16.5. The highest BCUT2D eigenvalue weighted by molar-refractivity contribution is 6.30. The Morgan fingerprint density at radius 3 is 2.41 bits per heavy atom. The second kappa shape index (κ2) is 17.4. The highest BCUT2D eigenvalue weighted by atomic mass is 35.5. The predicted molar refractivity (Wildman–Crippen MR) is 177 cm³/mol. The molecule has 1 atom stereocenters. The van der Waals surface area contributed by atoms with Crippen molar-refractivity contribution in [3.8, 4) is 5.75 Å². The van der Waals surface area contributed by atoms with E-state index >= 15 is 0 Å². The molecule has 2 aliphatic rings. The Hall–Kier alpha value is -3.54. The lowest BCUT2D eigenvalue weighted by atomic mass is 9.88. The van der Waals surface area contributed by atoms with Crippen molar-refractivity contribution in [1.82, 2.24) is 25.8 Å². The number of carbonyl (C=O) groups is 3. The van der Waals surface area contributed by atoms with Crippen LogP contribution in [0, 0.1) is 5.92 Å². The summed E-state index contributed by atoms with van der Waals surface area (Å²) in [5.41, 5.74) is 1.32. The largest absolute Gasteiger partial charge is 0.491 e. The molecule has 2 aliphatic heterocycles. The second-order valence-electron chi connectivity index (χ2n) is 12.7. The van der Waals surface area contributed by atoms with Gasteiger partial charge in [-0.1, -0.05) is 41.9 Å². The summed E-state index contributed by atoms with van der Waals surface area (Å²) >= 11 is 6.32. The average molecular weight is 658 g/mol. The van der Waals surface area contributed by atoms with Gasteiger partial charge in [0.05, 0.1) is 6.54 Å². The number of rotatable bonds is 12. The number of piperazine rings is 1. The molecule has 11 nitrogen and oxygen atoms in total. The van der Waals surface area contributed by atoms with Crippen molar-refractivity contribution in [2.45, 2.75) is 58.3 Å².